The highest BCUT2D eigenvalue weighted by molar-refractivity contribution is 5.49. The highest BCUT2D eigenvalue weighted by Gasteiger charge is 1.53. The maximum Gasteiger partial charge on any atom is 0.129 e. The molecule has 0 rings (SSSR count). The zero-order valence-electron chi connectivity index (χ0n) is 8.83. The Morgan fingerprint density at radius 3 is 1.83 bits per heavy atom. The third kappa shape index (κ3) is 63.8. The van der Waals surface area contributed by atoms with E-state index in [0.29, 0.717) is 0 Å². The van der Waals surface area contributed by atoms with Crippen molar-refractivity contribution in [2.75, 3.05) is 0 Å². The van der Waals surface area contributed by atoms with Crippen LogP contribution in [-0.2, 0) is 0 Å². The number of hydrogen-bond donors (Lipinski definition) is 1. The minimum atomic E-state index is 0.889. The largest absolute Gasteiger partial charge is 0.288 e. The van der Waals surface area contributed by atoms with Crippen LogP contribution in [0.15, 0.2) is 22.5 Å². The quantitative estimate of drug-likeness (QED) is 0.370. The zero-order valence-corrected chi connectivity index (χ0v) is 8.83. The van der Waals surface area contributed by atoms with Crippen LogP contribution in [0.3, 0.4) is 0 Å². The molecule has 72 valence electrons. The van der Waals surface area contributed by atoms with Crippen LogP contribution in [-0.4, -0.2) is 6.34 Å². The summed E-state index contributed by atoms with van der Waals surface area (Å²) in [7, 11) is 0. The van der Waals surface area contributed by atoms with Crippen LogP contribution in [0.2, 0.25) is 0 Å². The van der Waals surface area contributed by atoms with Crippen LogP contribution in [0.4, 0.5) is 0 Å². The minimum absolute atomic E-state index is 0.889. The van der Waals surface area contributed by atoms with Crippen molar-refractivity contribution in [2.45, 2.75) is 41.0 Å². The fourth-order valence-electron chi connectivity index (χ4n) is 0.138. The Labute approximate surface area is 76.1 Å². The van der Waals surface area contributed by atoms with Crippen LogP contribution < -0.4 is 0 Å². The molecule has 0 fully saturated rings. The van der Waals surface area contributed by atoms with E-state index in [4.69, 9.17) is 5.41 Å². The predicted octanol–water partition coefficient (Wildman–Crippen LogP) is 4.02. The number of hydrogen-bond acceptors (Lipinski definition) is 2. The van der Waals surface area contributed by atoms with Gasteiger partial charge in [-0.05, 0) is 6.92 Å². The standard InChI is InChI=1S/C4H7N3.C3H8.C2H6/c1-2-3-6-7-4-5;1-3-2;1-2/h2-5H,1H3;3H2,1-2H3;1-2H3/b3-2-,5-4?,7-6?;;. The Morgan fingerprint density at radius 1 is 1.17 bits per heavy atom. The summed E-state index contributed by atoms with van der Waals surface area (Å²) in [4.78, 5) is 0. The van der Waals surface area contributed by atoms with E-state index in [9.17, 15) is 0 Å². The summed E-state index contributed by atoms with van der Waals surface area (Å²) >= 11 is 0. The van der Waals surface area contributed by atoms with E-state index >= 15 is 0 Å². The van der Waals surface area contributed by atoms with Gasteiger partial charge in [0.2, 0.25) is 0 Å². The molecule has 0 amide bonds. The molecule has 0 aliphatic rings. The molecule has 0 aromatic rings. The molecule has 3 nitrogen and oxygen atoms in total. The Balaban J connectivity index is -0.000000137. The smallest absolute Gasteiger partial charge is 0.129 e. The molecule has 0 aromatic heterocycles. The van der Waals surface area contributed by atoms with Gasteiger partial charge in [-0.1, -0.05) is 40.2 Å². The zero-order chi connectivity index (χ0) is 10.2. The monoisotopic (exact) mass is 171 g/mol. The second-order valence-electron chi connectivity index (χ2n) is 1.55. The van der Waals surface area contributed by atoms with E-state index in [-0.39, 0.29) is 0 Å². The van der Waals surface area contributed by atoms with Gasteiger partial charge < -0.3 is 0 Å². The van der Waals surface area contributed by atoms with Crippen LogP contribution in [0.25, 0.3) is 0 Å². The molecule has 0 spiro atoms. The molecule has 12 heavy (non-hydrogen) atoms. The first-order valence-corrected chi connectivity index (χ1v) is 4.33. The van der Waals surface area contributed by atoms with Gasteiger partial charge in [-0.15, -0.1) is 5.11 Å². The third-order valence-electron chi connectivity index (χ3n) is 0.340. The first-order valence-electron chi connectivity index (χ1n) is 4.33. The molecular formula is C9H21N3. The lowest BCUT2D eigenvalue weighted by Crippen LogP contribution is -1.50. The van der Waals surface area contributed by atoms with Gasteiger partial charge >= 0.3 is 0 Å². The third-order valence-corrected chi connectivity index (χ3v) is 0.340. The van der Waals surface area contributed by atoms with Crippen LogP contribution in [0.1, 0.15) is 41.0 Å². The summed E-state index contributed by atoms with van der Waals surface area (Å²) in [5, 5.41) is 13.0. The Hall–Kier alpha value is -0.990. The lowest BCUT2D eigenvalue weighted by atomic mass is 10.6. The maximum atomic E-state index is 6.36. The molecule has 0 atom stereocenters. The average molecular weight is 171 g/mol. The lowest BCUT2D eigenvalue weighted by Gasteiger charge is -1.64. The number of allylic oxidation sites excluding steroid dienone is 1. The normalized spacial score (nSPS) is 8.42. The van der Waals surface area contributed by atoms with Crippen molar-refractivity contribution in [1.82, 2.24) is 0 Å². The highest BCUT2D eigenvalue weighted by atomic mass is 15.1. The Kier molecular flexibility index (Phi) is 46.4. The van der Waals surface area contributed by atoms with Gasteiger partial charge in [-0.2, -0.15) is 5.11 Å². The van der Waals surface area contributed by atoms with Crippen molar-refractivity contribution >= 4 is 6.34 Å². The van der Waals surface area contributed by atoms with Crippen molar-refractivity contribution in [3.63, 3.8) is 0 Å². The Morgan fingerprint density at radius 2 is 1.58 bits per heavy atom. The number of azo groups is 1. The number of nitrogens with zero attached hydrogens (tertiary/aromatic N) is 2. The van der Waals surface area contributed by atoms with E-state index < -0.39 is 0 Å². The van der Waals surface area contributed by atoms with E-state index in [1.54, 1.807) is 6.08 Å². The number of rotatable bonds is 2. The second-order valence-corrected chi connectivity index (χ2v) is 1.55. The van der Waals surface area contributed by atoms with Crippen LogP contribution in [0.5, 0.6) is 0 Å². The molecule has 0 aliphatic carbocycles. The van der Waals surface area contributed by atoms with Gasteiger partial charge in [0.1, 0.15) is 6.34 Å². The molecule has 0 heterocycles. The molecule has 0 saturated carbocycles. The molecule has 0 aliphatic heterocycles. The summed E-state index contributed by atoms with van der Waals surface area (Å²) in [5.41, 5.74) is 0. The van der Waals surface area contributed by atoms with Gasteiger partial charge in [0.25, 0.3) is 0 Å². The molecule has 0 unspecified atom stereocenters. The van der Waals surface area contributed by atoms with Crippen molar-refractivity contribution in [3.05, 3.63) is 12.3 Å². The van der Waals surface area contributed by atoms with Crippen molar-refractivity contribution in [3.8, 4) is 0 Å². The minimum Gasteiger partial charge on any atom is -0.288 e. The first-order chi connectivity index (χ1) is 5.83. The number of nitrogens with one attached hydrogen (secondary N) is 1. The molecule has 0 saturated heterocycles. The van der Waals surface area contributed by atoms with E-state index in [1.165, 1.54) is 12.6 Å². The SMILES string of the molecule is C/C=C\N=NC=N.CC.CCC. The Bertz CT molecular complexity index is 106. The maximum absolute atomic E-state index is 6.36. The van der Waals surface area contributed by atoms with Gasteiger partial charge in [0, 0.05) is 6.20 Å². The highest BCUT2D eigenvalue weighted by Crippen LogP contribution is 1.71. The van der Waals surface area contributed by atoms with E-state index in [1.807, 2.05) is 20.8 Å². The molecular weight excluding hydrogens is 150 g/mol. The van der Waals surface area contributed by atoms with Gasteiger partial charge in [0.05, 0.1) is 0 Å². The molecule has 0 radical (unpaired) electrons. The van der Waals surface area contributed by atoms with Crippen molar-refractivity contribution in [2.24, 2.45) is 10.2 Å². The lowest BCUT2D eigenvalue weighted by molar-refractivity contribution is 1.09. The van der Waals surface area contributed by atoms with E-state index in [0.717, 1.165) is 6.34 Å². The van der Waals surface area contributed by atoms with Gasteiger partial charge in [-0.25, -0.2) is 0 Å². The van der Waals surface area contributed by atoms with Crippen LogP contribution in [0, 0.1) is 5.41 Å². The van der Waals surface area contributed by atoms with Crippen molar-refractivity contribution in [1.29, 1.82) is 5.41 Å². The first kappa shape index (κ1) is 17.2. The second kappa shape index (κ2) is 32.4. The van der Waals surface area contributed by atoms with Gasteiger partial charge in [-0.3, -0.25) is 5.41 Å². The van der Waals surface area contributed by atoms with Crippen molar-refractivity contribution < 1.29 is 0 Å². The average Bonchev–Trinajstić information content (AvgIpc) is 2.11. The van der Waals surface area contributed by atoms with E-state index in [2.05, 4.69) is 24.1 Å². The summed E-state index contributed by atoms with van der Waals surface area (Å²) in [6.45, 7) is 10.1. The molecule has 3 heteroatoms. The predicted molar refractivity (Wildman–Crippen MR) is 55.8 cm³/mol. The summed E-state index contributed by atoms with van der Waals surface area (Å²) in [6, 6.07) is 0. The van der Waals surface area contributed by atoms with Crippen LogP contribution >= 0.6 is 0 Å². The summed E-state index contributed by atoms with van der Waals surface area (Å²) in [5.74, 6) is 0. The molecule has 0 aromatic carbocycles. The summed E-state index contributed by atoms with van der Waals surface area (Å²) < 4.78 is 0. The fraction of sp³-hybridized carbons (Fsp3) is 0.667. The topological polar surface area (TPSA) is 48.6 Å². The molecule has 1 N–H and O–H groups in total. The fourth-order valence-corrected chi connectivity index (χ4v) is 0.138. The summed E-state index contributed by atoms with van der Waals surface area (Å²) in [6.07, 6.45) is 5.40. The van der Waals surface area contributed by atoms with Gasteiger partial charge in [0.15, 0.2) is 0 Å². The molecule has 0 bridgehead atoms.